The van der Waals surface area contributed by atoms with Gasteiger partial charge < -0.3 is 10.2 Å². The highest BCUT2D eigenvalue weighted by Gasteiger charge is 2.41. The fourth-order valence-corrected chi connectivity index (χ4v) is 1.89. The van der Waals surface area contributed by atoms with Crippen molar-refractivity contribution in [1.29, 1.82) is 5.26 Å². The molecule has 0 saturated heterocycles. The van der Waals surface area contributed by atoms with Crippen molar-refractivity contribution in [3.63, 3.8) is 0 Å². The Morgan fingerprint density at radius 2 is 1.94 bits per heavy atom. The molecule has 1 aromatic rings. The molecule has 0 radical (unpaired) electrons. The molecule has 0 bridgehead atoms. The topological polar surface area (TPSA) is 64.2 Å². The highest BCUT2D eigenvalue weighted by molar-refractivity contribution is 5.78. The molecule has 0 aromatic heterocycles. The minimum absolute atomic E-state index is 0.277. The van der Waals surface area contributed by atoms with E-state index in [2.05, 4.69) is 0 Å². The van der Waals surface area contributed by atoms with Crippen LogP contribution in [0.1, 0.15) is 12.5 Å². The van der Waals surface area contributed by atoms with Crippen LogP contribution in [0.5, 0.6) is 0 Å². The third-order valence-electron chi connectivity index (χ3n) is 3.08. The predicted octanol–water partition coefficient (Wildman–Crippen LogP) is 2.42. The molecule has 0 aliphatic heterocycles. The van der Waals surface area contributed by atoms with Crippen LogP contribution in [0.25, 0.3) is 5.57 Å². The van der Waals surface area contributed by atoms with Crippen LogP contribution in [0.2, 0.25) is 0 Å². The molecule has 2 rings (SSSR count). The lowest BCUT2D eigenvalue weighted by atomic mass is 9.80. The maximum Gasteiger partial charge on any atom is 0.215 e. The summed E-state index contributed by atoms with van der Waals surface area (Å²) >= 11 is 0. The number of aliphatic hydroxyl groups excluding tert-OH is 1. The van der Waals surface area contributed by atoms with E-state index in [9.17, 15) is 10.2 Å². The molecule has 2 atom stereocenters. The van der Waals surface area contributed by atoms with Gasteiger partial charge in [0.05, 0.1) is 0 Å². The molecular formula is C14H13NO2. The van der Waals surface area contributed by atoms with E-state index >= 15 is 0 Å². The molecule has 1 aromatic carbocycles. The van der Waals surface area contributed by atoms with Crippen LogP contribution in [0, 0.1) is 17.2 Å². The summed E-state index contributed by atoms with van der Waals surface area (Å²) < 4.78 is 0. The summed E-state index contributed by atoms with van der Waals surface area (Å²) in [5.41, 5.74) is -0.561. The van der Waals surface area contributed by atoms with Crippen molar-refractivity contribution >= 4 is 5.57 Å². The lowest BCUT2D eigenvalue weighted by Gasteiger charge is -2.29. The second-order valence-corrected chi connectivity index (χ2v) is 4.15. The van der Waals surface area contributed by atoms with Gasteiger partial charge in [-0.1, -0.05) is 49.4 Å². The number of aliphatic hydroxyl groups is 2. The summed E-state index contributed by atoms with van der Waals surface area (Å²) in [5.74, 6) is -0.707. The Morgan fingerprint density at radius 3 is 2.53 bits per heavy atom. The highest BCUT2D eigenvalue weighted by Crippen LogP contribution is 2.35. The first-order valence-corrected chi connectivity index (χ1v) is 5.40. The molecule has 0 fully saturated rings. The van der Waals surface area contributed by atoms with E-state index in [0.29, 0.717) is 5.57 Å². The van der Waals surface area contributed by atoms with Gasteiger partial charge in [-0.3, -0.25) is 0 Å². The molecule has 3 nitrogen and oxygen atoms in total. The van der Waals surface area contributed by atoms with Crippen LogP contribution in [0.15, 0.2) is 48.2 Å². The quantitative estimate of drug-likeness (QED) is 0.724. The number of nitrogens with zero attached hydrogens (tertiary/aromatic N) is 1. The van der Waals surface area contributed by atoms with Gasteiger partial charge in [0.2, 0.25) is 5.60 Å². The smallest absolute Gasteiger partial charge is 0.215 e. The summed E-state index contributed by atoms with van der Waals surface area (Å²) in [6, 6.07) is 11.0. The molecular weight excluding hydrogens is 214 g/mol. The average molecular weight is 227 g/mol. The van der Waals surface area contributed by atoms with Gasteiger partial charge >= 0.3 is 0 Å². The zero-order chi connectivity index (χ0) is 12.5. The number of rotatable bonds is 1. The van der Waals surface area contributed by atoms with Crippen LogP contribution in [-0.2, 0) is 0 Å². The summed E-state index contributed by atoms with van der Waals surface area (Å²) in [6.07, 6.45) is 3.46. The van der Waals surface area contributed by atoms with Gasteiger partial charge in [0.15, 0.2) is 0 Å². The largest absolute Gasteiger partial charge is 0.507 e. The van der Waals surface area contributed by atoms with Gasteiger partial charge in [0.25, 0.3) is 0 Å². The van der Waals surface area contributed by atoms with Crippen molar-refractivity contribution in [3.8, 4) is 6.07 Å². The molecule has 2 N–H and O–H groups in total. The van der Waals surface area contributed by atoms with E-state index in [-0.39, 0.29) is 5.76 Å². The Kier molecular flexibility index (Phi) is 2.74. The van der Waals surface area contributed by atoms with E-state index in [1.54, 1.807) is 25.1 Å². The van der Waals surface area contributed by atoms with Gasteiger partial charge in [-0.2, -0.15) is 5.26 Å². The lowest BCUT2D eigenvalue weighted by Crippen LogP contribution is -2.38. The van der Waals surface area contributed by atoms with Gasteiger partial charge in [-0.15, -0.1) is 0 Å². The summed E-state index contributed by atoms with van der Waals surface area (Å²) in [6.45, 7) is 1.69. The number of allylic oxidation sites excluding steroid dienone is 2. The zero-order valence-corrected chi connectivity index (χ0v) is 9.46. The Bertz CT molecular complexity index is 525. The van der Waals surface area contributed by atoms with E-state index in [1.165, 1.54) is 0 Å². The minimum Gasteiger partial charge on any atom is -0.507 e. The Morgan fingerprint density at radius 1 is 1.29 bits per heavy atom. The molecule has 1 aliphatic rings. The Labute approximate surface area is 99.9 Å². The number of nitriles is 1. The van der Waals surface area contributed by atoms with Crippen molar-refractivity contribution in [1.82, 2.24) is 0 Å². The van der Waals surface area contributed by atoms with Gasteiger partial charge in [-0.05, 0) is 5.56 Å². The Balaban J connectivity index is 2.56. The summed E-state index contributed by atoms with van der Waals surface area (Å²) in [7, 11) is 0. The number of hydrogen-bond donors (Lipinski definition) is 2. The molecule has 0 spiro atoms. The molecule has 86 valence electrons. The number of benzene rings is 1. The molecule has 0 amide bonds. The first-order chi connectivity index (χ1) is 8.09. The third-order valence-corrected chi connectivity index (χ3v) is 3.08. The molecule has 2 unspecified atom stereocenters. The maximum absolute atomic E-state index is 10.1. The Hall–Kier alpha value is -2.05. The maximum atomic E-state index is 10.1. The molecule has 0 saturated carbocycles. The van der Waals surface area contributed by atoms with E-state index in [0.717, 1.165) is 5.56 Å². The van der Waals surface area contributed by atoms with Crippen molar-refractivity contribution in [2.24, 2.45) is 5.92 Å². The van der Waals surface area contributed by atoms with Crippen molar-refractivity contribution in [2.75, 3.05) is 0 Å². The monoisotopic (exact) mass is 227 g/mol. The minimum atomic E-state index is -1.83. The highest BCUT2D eigenvalue weighted by atomic mass is 16.3. The van der Waals surface area contributed by atoms with E-state index < -0.39 is 11.5 Å². The predicted molar refractivity (Wildman–Crippen MR) is 64.9 cm³/mol. The van der Waals surface area contributed by atoms with Crippen LogP contribution in [0.4, 0.5) is 0 Å². The molecule has 3 heteroatoms. The van der Waals surface area contributed by atoms with E-state index in [1.807, 2.05) is 30.3 Å². The van der Waals surface area contributed by atoms with Crippen LogP contribution < -0.4 is 0 Å². The lowest BCUT2D eigenvalue weighted by molar-refractivity contribution is 0.0551. The first-order valence-electron chi connectivity index (χ1n) is 5.40. The molecule has 1 aliphatic carbocycles. The van der Waals surface area contributed by atoms with Crippen molar-refractivity contribution < 1.29 is 10.2 Å². The normalized spacial score (nSPS) is 27.9. The van der Waals surface area contributed by atoms with Crippen LogP contribution in [-0.4, -0.2) is 15.8 Å². The summed E-state index contributed by atoms with van der Waals surface area (Å²) in [5, 5.41) is 29.2. The number of hydrogen-bond acceptors (Lipinski definition) is 3. The van der Waals surface area contributed by atoms with Gasteiger partial charge in [0, 0.05) is 11.5 Å². The second-order valence-electron chi connectivity index (χ2n) is 4.15. The standard InChI is InChI=1S/C14H13NO2/c1-10-7-8-12(11-5-3-2-4-6-11)13(16)14(10,17)9-15/h2-8,10,16-17H,1H3. The van der Waals surface area contributed by atoms with Gasteiger partial charge in [-0.25, -0.2) is 0 Å². The zero-order valence-electron chi connectivity index (χ0n) is 9.46. The van der Waals surface area contributed by atoms with Crippen LogP contribution in [0.3, 0.4) is 0 Å². The van der Waals surface area contributed by atoms with Gasteiger partial charge in [0.1, 0.15) is 11.8 Å². The second kappa shape index (κ2) is 4.08. The van der Waals surface area contributed by atoms with E-state index in [4.69, 9.17) is 5.26 Å². The average Bonchev–Trinajstić information content (AvgIpc) is 2.37. The van der Waals surface area contributed by atoms with Crippen molar-refractivity contribution in [2.45, 2.75) is 12.5 Å². The third kappa shape index (κ3) is 1.73. The first kappa shape index (κ1) is 11.4. The van der Waals surface area contributed by atoms with Crippen LogP contribution >= 0.6 is 0 Å². The fourth-order valence-electron chi connectivity index (χ4n) is 1.89. The summed E-state index contributed by atoms with van der Waals surface area (Å²) in [4.78, 5) is 0. The molecule has 17 heavy (non-hydrogen) atoms. The molecule has 0 heterocycles. The fraction of sp³-hybridized carbons (Fsp3) is 0.214. The van der Waals surface area contributed by atoms with Crippen molar-refractivity contribution in [3.05, 3.63) is 53.8 Å². The SMILES string of the molecule is CC1C=CC(c2ccccc2)=C(O)C1(O)C#N.